The largest absolute Gasteiger partial charge is 0.508 e. The van der Waals surface area contributed by atoms with Gasteiger partial charge in [0.25, 0.3) is 0 Å². The van der Waals surface area contributed by atoms with Gasteiger partial charge >= 0.3 is 5.97 Å². The Morgan fingerprint density at radius 3 is 2.59 bits per heavy atom. The van der Waals surface area contributed by atoms with Crippen molar-refractivity contribution >= 4 is 17.6 Å². The zero-order valence-corrected chi connectivity index (χ0v) is 16.1. The van der Waals surface area contributed by atoms with E-state index in [2.05, 4.69) is 4.74 Å². The van der Waals surface area contributed by atoms with E-state index in [1.807, 2.05) is 13.8 Å². The topological polar surface area (TPSA) is 55.8 Å². The van der Waals surface area contributed by atoms with Crippen LogP contribution in [-0.4, -0.2) is 24.3 Å². The van der Waals surface area contributed by atoms with E-state index in [0.29, 0.717) is 11.1 Å². The highest BCUT2D eigenvalue weighted by Crippen LogP contribution is 2.33. The first-order valence-electron chi connectivity index (χ1n) is 8.51. The van der Waals surface area contributed by atoms with E-state index in [-0.39, 0.29) is 30.3 Å². The third-order valence-electron chi connectivity index (χ3n) is 3.97. The van der Waals surface area contributed by atoms with Crippen LogP contribution in [0.3, 0.4) is 0 Å². The minimum Gasteiger partial charge on any atom is -0.508 e. The summed E-state index contributed by atoms with van der Waals surface area (Å²) in [5.41, 5.74) is 1.36. The molecule has 2 aromatic rings. The summed E-state index contributed by atoms with van der Waals surface area (Å²) in [6, 6.07) is 5.74. The summed E-state index contributed by atoms with van der Waals surface area (Å²) in [5, 5.41) is 9.48. The van der Waals surface area contributed by atoms with Gasteiger partial charge in [0, 0.05) is 18.1 Å². The van der Waals surface area contributed by atoms with E-state index >= 15 is 0 Å². The second-order valence-corrected chi connectivity index (χ2v) is 6.66. The number of aromatic hydroxyl groups is 1. The van der Waals surface area contributed by atoms with E-state index in [0.717, 1.165) is 6.07 Å². The van der Waals surface area contributed by atoms with Gasteiger partial charge in [0.2, 0.25) is 0 Å². The van der Waals surface area contributed by atoms with Crippen molar-refractivity contribution < 1.29 is 28.2 Å². The van der Waals surface area contributed by atoms with Crippen LogP contribution in [0.2, 0.25) is 5.02 Å². The van der Waals surface area contributed by atoms with E-state index in [4.69, 9.17) is 16.3 Å². The molecule has 2 rings (SSSR count). The van der Waals surface area contributed by atoms with Crippen LogP contribution in [0.15, 0.2) is 24.3 Å². The molecule has 0 spiro atoms. The Morgan fingerprint density at radius 1 is 1.26 bits per heavy atom. The molecule has 7 heteroatoms. The Bertz CT molecular complexity index is 837. The van der Waals surface area contributed by atoms with Crippen molar-refractivity contribution in [3.05, 3.63) is 57.6 Å². The lowest BCUT2D eigenvalue weighted by Gasteiger charge is -2.14. The average molecular weight is 399 g/mol. The first-order chi connectivity index (χ1) is 12.7. The van der Waals surface area contributed by atoms with Crippen LogP contribution < -0.4 is 4.74 Å². The van der Waals surface area contributed by atoms with Crippen molar-refractivity contribution in [1.29, 1.82) is 0 Å². The van der Waals surface area contributed by atoms with E-state index in [1.165, 1.54) is 6.07 Å². The Labute approximate surface area is 161 Å². The molecule has 2 aromatic carbocycles. The van der Waals surface area contributed by atoms with Gasteiger partial charge in [0.05, 0.1) is 11.6 Å². The lowest BCUT2D eigenvalue weighted by atomic mass is 9.96. The number of carbonyl (C=O) groups is 1. The van der Waals surface area contributed by atoms with Crippen LogP contribution in [-0.2, 0) is 16.0 Å². The average Bonchev–Trinajstić information content (AvgIpc) is 2.62. The Morgan fingerprint density at radius 2 is 1.96 bits per heavy atom. The summed E-state index contributed by atoms with van der Waals surface area (Å²) in [6.45, 7) is 5.07. The number of ether oxygens (including phenoxy) is 2. The van der Waals surface area contributed by atoms with Crippen molar-refractivity contribution in [3.8, 4) is 11.5 Å². The molecule has 0 aliphatic rings. The summed E-state index contributed by atoms with van der Waals surface area (Å²) in [6.07, 6.45) is 0.0414. The molecule has 0 radical (unpaired) electrons. The fourth-order valence-corrected chi connectivity index (χ4v) is 2.85. The molecule has 0 atom stereocenters. The fourth-order valence-electron chi connectivity index (χ4n) is 2.60. The van der Waals surface area contributed by atoms with Gasteiger partial charge in [-0.1, -0.05) is 37.6 Å². The first-order valence-corrected chi connectivity index (χ1v) is 8.88. The van der Waals surface area contributed by atoms with Crippen molar-refractivity contribution in [3.63, 3.8) is 0 Å². The summed E-state index contributed by atoms with van der Waals surface area (Å²) < 4.78 is 38.6. The number of phenolic OH excluding ortho intramolecular Hbond substituents is 1. The van der Waals surface area contributed by atoms with Crippen LogP contribution in [0, 0.1) is 11.6 Å². The molecule has 1 N–H and O–H groups in total. The first kappa shape index (κ1) is 21.0. The highest BCUT2D eigenvalue weighted by molar-refractivity contribution is 6.31. The molecule has 0 heterocycles. The van der Waals surface area contributed by atoms with Gasteiger partial charge in [-0.05, 0) is 30.0 Å². The smallest absolute Gasteiger partial charge is 0.344 e. The third-order valence-corrected chi connectivity index (χ3v) is 4.36. The maximum absolute atomic E-state index is 14.5. The number of rotatable bonds is 7. The highest BCUT2D eigenvalue weighted by Gasteiger charge is 2.20. The number of carbonyl (C=O) groups excluding carboxylic acids is 1. The van der Waals surface area contributed by atoms with Gasteiger partial charge < -0.3 is 14.6 Å². The Kier molecular flexibility index (Phi) is 7.02. The van der Waals surface area contributed by atoms with Crippen LogP contribution >= 0.6 is 11.6 Å². The maximum atomic E-state index is 14.5. The summed E-state index contributed by atoms with van der Waals surface area (Å²) in [7, 11) is 0. The van der Waals surface area contributed by atoms with Crippen molar-refractivity contribution in [1.82, 2.24) is 0 Å². The summed E-state index contributed by atoms with van der Waals surface area (Å²) >= 11 is 6.00. The second-order valence-electron chi connectivity index (χ2n) is 6.28. The maximum Gasteiger partial charge on any atom is 0.344 e. The van der Waals surface area contributed by atoms with Gasteiger partial charge in [-0.2, -0.15) is 0 Å². The molecule has 4 nitrogen and oxygen atoms in total. The predicted octanol–water partition coefficient (Wildman–Crippen LogP) is 4.98. The molecule has 0 fully saturated rings. The van der Waals surface area contributed by atoms with Crippen molar-refractivity contribution in [2.24, 2.45) is 0 Å². The molecular weight excluding hydrogens is 378 g/mol. The van der Waals surface area contributed by atoms with Crippen molar-refractivity contribution in [2.45, 2.75) is 33.1 Å². The molecule has 0 unspecified atom stereocenters. The third kappa shape index (κ3) is 5.10. The number of halogens is 3. The molecule has 0 aliphatic carbocycles. The predicted molar refractivity (Wildman–Crippen MR) is 98.5 cm³/mol. The molecule has 0 bridgehead atoms. The lowest BCUT2D eigenvalue weighted by molar-refractivity contribution is -0.145. The van der Waals surface area contributed by atoms with Crippen LogP contribution in [0.5, 0.6) is 11.5 Å². The monoisotopic (exact) mass is 398 g/mol. The van der Waals surface area contributed by atoms with E-state index < -0.39 is 35.0 Å². The molecule has 146 valence electrons. The molecule has 0 saturated heterocycles. The Hall–Kier alpha value is -2.34. The van der Waals surface area contributed by atoms with Gasteiger partial charge in [-0.3, -0.25) is 0 Å². The standard InChI is InChI=1S/C20H21ClF2O4/c1-4-26-18(25)10-27-17-9-15(22)14(19(21)20(17)23)8-12-5-6-16(24)13(7-12)11(2)3/h5-7,9,11,24H,4,8,10H2,1-3H3. The zero-order valence-electron chi connectivity index (χ0n) is 15.3. The Balaban J connectivity index is 2.27. The summed E-state index contributed by atoms with van der Waals surface area (Å²) in [4.78, 5) is 11.3. The summed E-state index contributed by atoms with van der Waals surface area (Å²) in [5.74, 6) is -2.62. The van der Waals surface area contributed by atoms with Crippen molar-refractivity contribution in [2.75, 3.05) is 13.2 Å². The molecule has 0 amide bonds. The van der Waals surface area contributed by atoms with Crippen LogP contribution in [0.25, 0.3) is 0 Å². The number of esters is 1. The molecular formula is C20H21ClF2O4. The molecule has 0 saturated carbocycles. The van der Waals surface area contributed by atoms with E-state index in [9.17, 15) is 18.7 Å². The normalized spacial score (nSPS) is 10.9. The van der Waals surface area contributed by atoms with Crippen LogP contribution in [0.1, 0.15) is 43.4 Å². The van der Waals surface area contributed by atoms with E-state index in [1.54, 1.807) is 19.1 Å². The molecule has 0 aliphatic heterocycles. The minimum atomic E-state index is -0.944. The molecule has 27 heavy (non-hydrogen) atoms. The number of hydrogen-bond donors (Lipinski definition) is 1. The van der Waals surface area contributed by atoms with Gasteiger partial charge in [0.15, 0.2) is 18.2 Å². The van der Waals surface area contributed by atoms with Gasteiger partial charge in [-0.15, -0.1) is 0 Å². The molecule has 0 aromatic heterocycles. The zero-order chi connectivity index (χ0) is 20.1. The highest BCUT2D eigenvalue weighted by atomic mass is 35.5. The quantitative estimate of drug-likeness (QED) is 0.528. The second kappa shape index (κ2) is 9.04. The number of hydrogen-bond acceptors (Lipinski definition) is 4. The number of benzene rings is 2. The van der Waals surface area contributed by atoms with Crippen LogP contribution in [0.4, 0.5) is 8.78 Å². The fraction of sp³-hybridized carbons (Fsp3) is 0.350. The number of phenols is 1. The lowest BCUT2D eigenvalue weighted by Crippen LogP contribution is -2.15. The van der Waals surface area contributed by atoms with Gasteiger partial charge in [-0.25, -0.2) is 13.6 Å². The minimum absolute atomic E-state index is 0.0296. The SMILES string of the molecule is CCOC(=O)COc1cc(F)c(Cc2ccc(O)c(C(C)C)c2)c(Cl)c1F. The van der Waals surface area contributed by atoms with Gasteiger partial charge in [0.1, 0.15) is 11.6 Å².